The second kappa shape index (κ2) is 7.45. The van der Waals surface area contributed by atoms with Crippen LogP contribution in [0.4, 0.5) is 5.69 Å². The summed E-state index contributed by atoms with van der Waals surface area (Å²) in [6.45, 7) is 6.29. The fourth-order valence-corrected chi connectivity index (χ4v) is 3.39. The van der Waals surface area contributed by atoms with Crippen LogP contribution in [0.1, 0.15) is 28.1 Å². The number of nitro groups is 1. The molecule has 5 heteroatoms. The first kappa shape index (κ1) is 18.4. The first-order chi connectivity index (χ1) is 12.4. The largest absolute Gasteiger partial charge is 0.318 e. The first-order valence-corrected chi connectivity index (χ1v) is 9.32. The maximum atomic E-state index is 10.9. The van der Waals surface area contributed by atoms with Crippen molar-refractivity contribution in [2.75, 3.05) is 0 Å². The lowest BCUT2D eigenvalue weighted by Crippen LogP contribution is -2.00. The van der Waals surface area contributed by atoms with E-state index in [9.17, 15) is 10.1 Å². The molecule has 0 unspecified atom stereocenters. The molecule has 0 amide bonds. The zero-order chi connectivity index (χ0) is 18.8. The van der Waals surface area contributed by atoms with Crippen LogP contribution in [0.2, 0.25) is 0 Å². The SMILES string of the molecule is Cc1cc(-n2c(C)cc(/C=C\c3cccc([N+](=O)[O-])c3)c2C)ccc1I. The van der Waals surface area contributed by atoms with Crippen LogP contribution in [0.3, 0.4) is 0 Å². The Morgan fingerprint density at radius 2 is 1.81 bits per heavy atom. The van der Waals surface area contributed by atoms with Gasteiger partial charge in [0.25, 0.3) is 5.69 Å². The number of aryl methyl sites for hydroxylation is 2. The quantitative estimate of drug-likeness (QED) is 0.270. The molecular weight excluding hydrogens is 439 g/mol. The van der Waals surface area contributed by atoms with E-state index in [-0.39, 0.29) is 10.6 Å². The molecule has 0 saturated carbocycles. The first-order valence-electron chi connectivity index (χ1n) is 8.25. The maximum absolute atomic E-state index is 10.9. The van der Waals surface area contributed by atoms with Gasteiger partial charge < -0.3 is 4.57 Å². The summed E-state index contributed by atoms with van der Waals surface area (Å²) >= 11 is 2.34. The van der Waals surface area contributed by atoms with E-state index in [1.54, 1.807) is 12.1 Å². The zero-order valence-corrected chi connectivity index (χ0v) is 17.0. The lowest BCUT2D eigenvalue weighted by Gasteiger charge is -2.11. The summed E-state index contributed by atoms with van der Waals surface area (Å²) in [4.78, 5) is 10.5. The molecule has 3 aromatic rings. The molecule has 132 valence electrons. The highest BCUT2D eigenvalue weighted by Crippen LogP contribution is 2.25. The van der Waals surface area contributed by atoms with Crippen molar-refractivity contribution in [1.29, 1.82) is 0 Å². The zero-order valence-electron chi connectivity index (χ0n) is 14.9. The average molecular weight is 458 g/mol. The van der Waals surface area contributed by atoms with Crippen LogP contribution >= 0.6 is 22.6 Å². The Morgan fingerprint density at radius 1 is 1.04 bits per heavy atom. The number of rotatable bonds is 4. The minimum absolute atomic E-state index is 0.104. The van der Waals surface area contributed by atoms with E-state index in [0.29, 0.717) is 0 Å². The van der Waals surface area contributed by atoms with Gasteiger partial charge in [-0.15, -0.1) is 0 Å². The molecule has 0 atom stereocenters. The van der Waals surface area contributed by atoms with Crippen molar-refractivity contribution in [1.82, 2.24) is 4.57 Å². The summed E-state index contributed by atoms with van der Waals surface area (Å²) in [6.07, 6.45) is 3.93. The highest BCUT2D eigenvalue weighted by atomic mass is 127. The van der Waals surface area contributed by atoms with Crippen LogP contribution < -0.4 is 0 Å². The third kappa shape index (κ3) is 3.72. The van der Waals surface area contributed by atoms with E-state index in [0.717, 1.165) is 28.2 Å². The Bertz CT molecular complexity index is 1020. The predicted octanol–water partition coefficient (Wildman–Crippen LogP) is 6.09. The number of nitrogens with zero attached hydrogens (tertiary/aromatic N) is 2. The van der Waals surface area contributed by atoms with Crippen LogP contribution in [0.25, 0.3) is 17.8 Å². The molecule has 0 fully saturated rings. The van der Waals surface area contributed by atoms with Crippen LogP contribution in [-0.2, 0) is 0 Å². The maximum Gasteiger partial charge on any atom is 0.270 e. The topological polar surface area (TPSA) is 48.1 Å². The van der Waals surface area contributed by atoms with E-state index in [4.69, 9.17) is 0 Å². The molecule has 0 bridgehead atoms. The second-order valence-electron chi connectivity index (χ2n) is 6.28. The molecule has 0 radical (unpaired) electrons. The van der Waals surface area contributed by atoms with E-state index in [1.807, 2.05) is 18.2 Å². The third-order valence-electron chi connectivity index (χ3n) is 4.41. The van der Waals surface area contributed by atoms with Gasteiger partial charge in [-0.1, -0.05) is 24.3 Å². The van der Waals surface area contributed by atoms with E-state index in [1.165, 1.54) is 15.2 Å². The fourth-order valence-electron chi connectivity index (χ4n) is 3.05. The normalized spacial score (nSPS) is 11.2. The number of non-ortho nitro benzene ring substituents is 1. The average Bonchev–Trinajstić information content (AvgIpc) is 2.89. The number of aromatic nitrogens is 1. The molecule has 0 aliphatic rings. The summed E-state index contributed by atoms with van der Waals surface area (Å²) in [7, 11) is 0. The van der Waals surface area contributed by atoms with Gasteiger partial charge in [-0.25, -0.2) is 0 Å². The molecule has 4 nitrogen and oxygen atoms in total. The second-order valence-corrected chi connectivity index (χ2v) is 7.44. The lowest BCUT2D eigenvalue weighted by atomic mass is 10.1. The Hall–Kier alpha value is -2.41. The number of nitro benzene ring substituents is 1. The van der Waals surface area contributed by atoms with Gasteiger partial charge in [0.2, 0.25) is 0 Å². The van der Waals surface area contributed by atoms with Gasteiger partial charge in [0.1, 0.15) is 0 Å². The van der Waals surface area contributed by atoms with Crippen molar-refractivity contribution >= 4 is 40.4 Å². The molecule has 0 spiro atoms. The Labute approximate surface area is 166 Å². The van der Waals surface area contributed by atoms with E-state index >= 15 is 0 Å². The smallest absolute Gasteiger partial charge is 0.270 e. The van der Waals surface area contributed by atoms with Gasteiger partial charge in [0, 0.05) is 32.8 Å². The molecule has 3 rings (SSSR count). The van der Waals surface area contributed by atoms with Gasteiger partial charge in [-0.05, 0) is 84.3 Å². The molecular formula is C21H19IN2O2. The van der Waals surface area contributed by atoms with Crippen LogP contribution in [0.5, 0.6) is 0 Å². The van der Waals surface area contributed by atoms with Crippen LogP contribution in [0, 0.1) is 34.5 Å². The highest BCUT2D eigenvalue weighted by Gasteiger charge is 2.10. The highest BCUT2D eigenvalue weighted by molar-refractivity contribution is 14.1. The van der Waals surface area contributed by atoms with Crippen molar-refractivity contribution in [3.63, 3.8) is 0 Å². The molecule has 0 N–H and O–H groups in total. The summed E-state index contributed by atoms with van der Waals surface area (Å²) in [5, 5.41) is 10.9. The molecule has 2 aromatic carbocycles. The van der Waals surface area contributed by atoms with Crippen molar-refractivity contribution in [2.24, 2.45) is 0 Å². The lowest BCUT2D eigenvalue weighted by molar-refractivity contribution is -0.384. The van der Waals surface area contributed by atoms with Crippen molar-refractivity contribution < 1.29 is 4.92 Å². The number of hydrogen-bond acceptors (Lipinski definition) is 2. The third-order valence-corrected chi connectivity index (χ3v) is 5.62. The standard InChI is InChI=1S/C21H19IN2O2/c1-14-11-19(9-10-21(14)22)23-15(2)12-18(16(23)3)8-7-17-5-4-6-20(13-17)24(25)26/h4-13H,1-3H3/b8-7-. The molecule has 1 heterocycles. The summed E-state index contributed by atoms with van der Waals surface area (Å²) < 4.78 is 3.48. The van der Waals surface area contributed by atoms with Gasteiger partial charge in [0.15, 0.2) is 0 Å². The van der Waals surface area contributed by atoms with Crippen LogP contribution in [-0.4, -0.2) is 9.49 Å². The van der Waals surface area contributed by atoms with Crippen molar-refractivity contribution in [2.45, 2.75) is 20.8 Å². The van der Waals surface area contributed by atoms with Crippen molar-refractivity contribution in [3.8, 4) is 5.69 Å². The van der Waals surface area contributed by atoms with Crippen molar-refractivity contribution in [3.05, 3.63) is 90.3 Å². The Kier molecular flexibility index (Phi) is 5.27. The minimum Gasteiger partial charge on any atom is -0.318 e. The summed E-state index contributed by atoms with van der Waals surface area (Å²) in [5.41, 5.74) is 6.72. The number of hydrogen-bond donors (Lipinski definition) is 0. The molecule has 0 saturated heterocycles. The molecule has 26 heavy (non-hydrogen) atoms. The molecule has 0 aliphatic heterocycles. The molecule has 1 aromatic heterocycles. The molecule has 0 aliphatic carbocycles. The fraction of sp³-hybridized carbons (Fsp3) is 0.143. The van der Waals surface area contributed by atoms with Gasteiger partial charge in [-0.3, -0.25) is 10.1 Å². The summed E-state index contributed by atoms with van der Waals surface area (Å²) in [5.74, 6) is 0. The van der Waals surface area contributed by atoms with Gasteiger partial charge >= 0.3 is 0 Å². The van der Waals surface area contributed by atoms with E-state index < -0.39 is 0 Å². The monoisotopic (exact) mass is 458 g/mol. The number of halogens is 1. The van der Waals surface area contributed by atoms with Gasteiger partial charge in [-0.2, -0.15) is 0 Å². The Morgan fingerprint density at radius 3 is 2.50 bits per heavy atom. The number of benzene rings is 2. The van der Waals surface area contributed by atoms with Gasteiger partial charge in [0.05, 0.1) is 4.92 Å². The minimum atomic E-state index is -0.373. The van der Waals surface area contributed by atoms with E-state index in [2.05, 4.69) is 72.2 Å². The van der Waals surface area contributed by atoms with Crippen LogP contribution in [0.15, 0.2) is 48.5 Å². The Balaban J connectivity index is 1.96. The predicted molar refractivity (Wildman–Crippen MR) is 115 cm³/mol. The summed E-state index contributed by atoms with van der Waals surface area (Å²) in [6, 6.07) is 15.2.